The van der Waals surface area contributed by atoms with Crippen molar-refractivity contribution in [2.45, 2.75) is 367 Å². The van der Waals surface area contributed by atoms with Crippen LogP contribution in [0.2, 0.25) is 0 Å². The number of hydrogen-bond acceptors (Lipinski definition) is 6. The monoisotopic (exact) mass is 1120 g/mol. The molecular weight excluding hydrogens is 985 g/mol. The molecule has 80 heavy (non-hydrogen) atoms. The van der Waals surface area contributed by atoms with Gasteiger partial charge >= 0.3 is 17.9 Å². The molecule has 0 aromatic heterocycles. The van der Waals surface area contributed by atoms with E-state index in [0.717, 1.165) is 96.3 Å². The van der Waals surface area contributed by atoms with E-state index in [-0.39, 0.29) is 31.1 Å². The molecule has 6 heteroatoms. The third kappa shape index (κ3) is 65.7. The molecule has 0 aromatic carbocycles. The van der Waals surface area contributed by atoms with Gasteiger partial charge in [0.1, 0.15) is 13.2 Å². The number of esters is 3. The zero-order valence-corrected chi connectivity index (χ0v) is 53.3. The Hall–Kier alpha value is -3.15. The molecule has 0 amide bonds. The van der Waals surface area contributed by atoms with Gasteiger partial charge in [0.05, 0.1) is 0 Å². The number of unbranched alkanes of at least 4 members (excludes halogenated alkanes) is 41. The van der Waals surface area contributed by atoms with Gasteiger partial charge in [-0.15, -0.1) is 0 Å². The van der Waals surface area contributed by atoms with Crippen LogP contribution in [0.5, 0.6) is 0 Å². The molecular formula is C74H132O6. The van der Waals surface area contributed by atoms with Crippen LogP contribution in [-0.4, -0.2) is 37.2 Å². The van der Waals surface area contributed by atoms with Crippen molar-refractivity contribution in [3.05, 3.63) is 72.9 Å². The molecule has 1 unspecified atom stereocenters. The fourth-order valence-corrected chi connectivity index (χ4v) is 10.2. The van der Waals surface area contributed by atoms with Crippen LogP contribution in [0, 0.1) is 0 Å². The number of carbonyl (C=O) groups is 3. The van der Waals surface area contributed by atoms with Gasteiger partial charge in [0.2, 0.25) is 0 Å². The van der Waals surface area contributed by atoms with Crippen molar-refractivity contribution in [3.63, 3.8) is 0 Å². The van der Waals surface area contributed by atoms with E-state index in [9.17, 15) is 14.4 Å². The second kappa shape index (κ2) is 68.3. The quantitative estimate of drug-likeness (QED) is 0.0261. The van der Waals surface area contributed by atoms with Gasteiger partial charge in [-0.25, -0.2) is 0 Å². The van der Waals surface area contributed by atoms with E-state index in [2.05, 4.69) is 93.7 Å². The Morgan fingerprint density at radius 1 is 0.263 bits per heavy atom. The van der Waals surface area contributed by atoms with Gasteiger partial charge in [0.25, 0.3) is 0 Å². The molecule has 0 saturated heterocycles. The van der Waals surface area contributed by atoms with Crippen molar-refractivity contribution in [2.24, 2.45) is 0 Å². The van der Waals surface area contributed by atoms with Crippen LogP contribution < -0.4 is 0 Å². The topological polar surface area (TPSA) is 78.9 Å². The van der Waals surface area contributed by atoms with E-state index in [1.807, 2.05) is 0 Å². The van der Waals surface area contributed by atoms with E-state index in [1.54, 1.807) is 0 Å². The molecule has 0 aromatic rings. The predicted octanol–water partition coefficient (Wildman–Crippen LogP) is 24.1. The maximum atomic E-state index is 12.9. The molecule has 6 nitrogen and oxygen atoms in total. The highest BCUT2D eigenvalue weighted by atomic mass is 16.6. The molecule has 464 valence electrons. The number of carbonyl (C=O) groups excluding carboxylic acids is 3. The Morgan fingerprint density at radius 2 is 0.487 bits per heavy atom. The van der Waals surface area contributed by atoms with Gasteiger partial charge in [-0.1, -0.05) is 325 Å². The van der Waals surface area contributed by atoms with Crippen molar-refractivity contribution in [2.75, 3.05) is 13.2 Å². The average Bonchev–Trinajstić information content (AvgIpc) is 3.46. The molecule has 0 saturated carbocycles. The largest absolute Gasteiger partial charge is 0.462 e. The Kier molecular flexibility index (Phi) is 65.7. The number of hydrogen-bond donors (Lipinski definition) is 0. The molecule has 0 radical (unpaired) electrons. The lowest BCUT2D eigenvalue weighted by atomic mass is 10.0. The Labute approximate surface area is 497 Å². The van der Waals surface area contributed by atoms with Crippen molar-refractivity contribution in [1.29, 1.82) is 0 Å². The lowest BCUT2D eigenvalue weighted by Gasteiger charge is -2.18. The van der Waals surface area contributed by atoms with Gasteiger partial charge in [-0.3, -0.25) is 14.4 Å². The lowest BCUT2D eigenvalue weighted by molar-refractivity contribution is -0.167. The molecule has 0 fully saturated rings. The van der Waals surface area contributed by atoms with Crippen LogP contribution in [0.1, 0.15) is 361 Å². The van der Waals surface area contributed by atoms with E-state index in [4.69, 9.17) is 14.2 Å². The van der Waals surface area contributed by atoms with Gasteiger partial charge in [0, 0.05) is 19.3 Å². The third-order valence-electron chi connectivity index (χ3n) is 15.4. The zero-order chi connectivity index (χ0) is 57.8. The van der Waals surface area contributed by atoms with Crippen LogP contribution in [0.15, 0.2) is 72.9 Å². The molecule has 0 spiro atoms. The number of allylic oxidation sites excluding steroid dienone is 12. The van der Waals surface area contributed by atoms with Crippen molar-refractivity contribution in [1.82, 2.24) is 0 Å². The minimum Gasteiger partial charge on any atom is -0.462 e. The molecule has 0 rings (SSSR count). The third-order valence-corrected chi connectivity index (χ3v) is 15.4. The first-order valence-electron chi connectivity index (χ1n) is 34.9. The smallest absolute Gasteiger partial charge is 0.306 e. The van der Waals surface area contributed by atoms with Crippen LogP contribution in [0.25, 0.3) is 0 Å². The molecule has 0 aliphatic carbocycles. The first-order valence-corrected chi connectivity index (χ1v) is 34.9. The molecule has 0 aliphatic rings. The fourth-order valence-electron chi connectivity index (χ4n) is 10.2. The van der Waals surface area contributed by atoms with Crippen LogP contribution in [-0.2, 0) is 28.6 Å². The van der Waals surface area contributed by atoms with Gasteiger partial charge in [-0.05, 0) is 89.9 Å². The lowest BCUT2D eigenvalue weighted by Crippen LogP contribution is -2.30. The standard InChI is InChI=1S/C74H132O6/c1-4-7-10-13-16-19-22-25-27-29-30-31-32-33-34-35-36-37-38-39-40-41-42-43-44-46-47-49-52-55-58-61-64-67-73(76)79-70-71(69-78-72(75)66-63-60-57-54-51-24-21-18-15-12-9-6-3)80-74(77)68-65-62-59-56-53-50-48-45-28-26-23-20-17-14-11-8-5-2/h7,10,16,18-19,21,25,27,30-31,33-34,71H,4-6,8-9,11-15,17,20,22-24,26,28-29,32,35-70H2,1-3H3/b10-7-,19-16-,21-18-,27-25-,31-30-,34-33-. The SMILES string of the molecule is CC/C=C\C/C=C\C/C=C\C/C=C\C/C=C\CCCCCCCCCCCCCCCCCCCC(=O)OCC(COC(=O)CCCCCCC/C=C\CCCCC)OC(=O)CCCCCCCCCCCCCCCCCCC. The highest BCUT2D eigenvalue weighted by Crippen LogP contribution is 2.18. The molecule has 0 bridgehead atoms. The van der Waals surface area contributed by atoms with Crippen LogP contribution >= 0.6 is 0 Å². The Balaban J connectivity index is 4.13. The summed E-state index contributed by atoms with van der Waals surface area (Å²) in [5.74, 6) is -0.859. The minimum atomic E-state index is -0.775. The summed E-state index contributed by atoms with van der Waals surface area (Å²) in [7, 11) is 0. The zero-order valence-electron chi connectivity index (χ0n) is 53.3. The van der Waals surface area contributed by atoms with E-state index >= 15 is 0 Å². The summed E-state index contributed by atoms with van der Waals surface area (Å²) in [5.41, 5.74) is 0. The maximum absolute atomic E-state index is 12.9. The van der Waals surface area contributed by atoms with Crippen molar-refractivity contribution in [3.8, 4) is 0 Å². The van der Waals surface area contributed by atoms with E-state index in [0.29, 0.717) is 19.3 Å². The van der Waals surface area contributed by atoms with Crippen molar-refractivity contribution >= 4 is 17.9 Å². The Bertz CT molecular complexity index is 1470. The van der Waals surface area contributed by atoms with Gasteiger partial charge in [0.15, 0.2) is 6.10 Å². The number of ether oxygens (including phenoxy) is 3. The predicted molar refractivity (Wildman–Crippen MR) is 348 cm³/mol. The summed E-state index contributed by atoms with van der Waals surface area (Å²) < 4.78 is 17.0. The maximum Gasteiger partial charge on any atom is 0.306 e. The number of rotatable bonds is 64. The van der Waals surface area contributed by atoms with Crippen LogP contribution in [0.4, 0.5) is 0 Å². The van der Waals surface area contributed by atoms with Crippen LogP contribution in [0.3, 0.4) is 0 Å². The summed E-state index contributed by atoms with van der Waals surface area (Å²) in [5, 5.41) is 0. The van der Waals surface area contributed by atoms with Crippen molar-refractivity contribution < 1.29 is 28.6 Å². The minimum absolute atomic E-state index is 0.0720. The molecule has 0 heterocycles. The second-order valence-electron chi connectivity index (χ2n) is 23.4. The summed E-state index contributed by atoms with van der Waals surface area (Å²) in [6, 6.07) is 0. The average molecular weight is 1120 g/mol. The summed E-state index contributed by atoms with van der Waals surface area (Å²) in [6.45, 7) is 6.55. The first-order chi connectivity index (χ1) is 39.5. The highest BCUT2D eigenvalue weighted by molar-refractivity contribution is 5.71. The van der Waals surface area contributed by atoms with E-state index in [1.165, 1.54) is 225 Å². The van der Waals surface area contributed by atoms with E-state index < -0.39 is 6.10 Å². The summed E-state index contributed by atoms with van der Waals surface area (Å²) >= 11 is 0. The molecule has 0 aliphatic heterocycles. The summed E-state index contributed by atoms with van der Waals surface area (Å²) in [4.78, 5) is 38.3. The first kappa shape index (κ1) is 76.9. The fraction of sp³-hybridized carbons (Fsp3) is 0.797. The normalized spacial score (nSPS) is 12.5. The molecule has 0 N–H and O–H groups in total. The van der Waals surface area contributed by atoms with Gasteiger partial charge in [-0.2, -0.15) is 0 Å². The van der Waals surface area contributed by atoms with Gasteiger partial charge < -0.3 is 14.2 Å². The highest BCUT2D eigenvalue weighted by Gasteiger charge is 2.19. The summed E-state index contributed by atoms with van der Waals surface area (Å²) in [6.07, 6.45) is 89.4. The second-order valence-corrected chi connectivity index (χ2v) is 23.4. The molecule has 1 atom stereocenters. The Morgan fingerprint density at radius 3 is 0.800 bits per heavy atom.